The minimum Gasteiger partial charge on any atom is -0.316 e. The summed E-state index contributed by atoms with van der Waals surface area (Å²) in [5.41, 5.74) is 3.22. The number of hydrogen-bond acceptors (Lipinski definition) is 5. The largest absolute Gasteiger partial charge is 0.316 e. The minimum absolute atomic E-state index is 0.0669. The molecule has 0 spiro atoms. The molecule has 1 heterocycles. The van der Waals surface area contributed by atoms with Crippen LogP contribution in [0.3, 0.4) is 0 Å². The minimum atomic E-state index is -3.08. The molecule has 1 N–H and O–H groups in total. The van der Waals surface area contributed by atoms with Crippen LogP contribution in [-0.2, 0) is 28.4 Å². The number of sulfone groups is 1. The Morgan fingerprint density at radius 1 is 1.33 bits per heavy atom. The predicted octanol–water partition coefficient (Wildman–Crippen LogP) is 1.43. The highest BCUT2D eigenvalue weighted by molar-refractivity contribution is 7.89. The van der Waals surface area contributed by atoms with Crippen molar-refractivity contribution in [3.05, 3.63) is 22.8 Å². The predicted molar refractivity (Wildman–Crippen MR) is 84.0 cm³/mol. The molecule has 1 aromatic rings. The summed E-state index contributed by atoms with van der Waals surface area (Å²) >= 11 is 0. The van der Waals surface area contributed by atoms with E-state index in [0.717, 1.165) is 50.2 Å². The molecule has 1 aliphatic carbocycles. The van der Waals surface area contributed by atoms with Crippen molar-refractivity contribution in [2.75, 3.05) is 19.3 Å². The maximum atomic E-state index is 11.4. The molecule has 2 rings (SSSR count). The fraction of sp³-hybridized carbons (Fsp3) is 0.733. The topological polar surface area (TPSA) is 72.0 Å². The smallest absolute Gasteiger partial charge is 0.154 e. The monoisotopic (exact) mass is 311 g/mol. The van der Waals surface area contributed by atoms with E-state index in [1.54, 1.807) is 0 Å². The van der Waals surface area contributed by atoms with Gasteiger partial charge in [0.05, 0.1) is 0 Å². The molecule has 0 bridgehead atoms. The molecule has 0 aliphatic heterocycles. The Balaban J connectivity index is 2.11. The van der Waals surface area contributed by atoms with Crippen LogP contribution in [0.1, 0.15) is 42.5 Å². The van der Waals surface area contributed by atoms with Gasteiger partial charge in [-0.2, -0.15) is 0 Å². The van der Waals surface area contributed by atoms with Crippen LogP contribution >= 0.6 is 0 Å². The van der Waals surface area contributed by atoms with E-state index in [1.165, 1.54) is 11.8 Å². The van der Waals surface area contributed by atoms with Crippen molar-refractivity contribution < 1.29 is 8.42 Å². The molecule has 5 nitrogen and oxygen atoms in total. The van der Waals surface area contributed by atoms with Gasteiger partial charge < -0.3 is 5.32 Å². The quantitative estimate of drug-likeness (QED) is 0.805. The normalized spacial score (nSPS) is 18.5. The summed E-state index contributed by atoms with van der Waals surface area (Å²) in [6.45, 7) is 6.24. The number of nitrogens with one attached hydrogen (secondary N) is 1. The summed E-state index contributed by atoms with van der Waals surface area (Å²) in [7, 11) is -3.08. The van der Waals surface area contributed by atoms with Crippen molar-refractivity contribution >= 4 is 9.84 Å². The van der Waals surface area contributed by atoms with Crippen molar-refractivity contribution in [2.45, 2.75) is 45.3 Å². The molecule has 6 heteroatoms. The molecular formula is C15H25N3O2S. The van der Waals surface area contributed by atoms with Crippen LogP contribution < -0.4 is 5.32 Å². The summed E-state index contributed by atoms with van der Waals surface area (Å²) in [6, 6.07) is 0. The van der Waals surface area contributed by atoms with Crippen molar-refractivity contribution in [1.82, 2.24) is 15.3 Å². The number of fused-ring (bicyclic) bond motifs is 1. The van der Waals surface area contributed by atoms with Crippen LogP contribution in [0.2, 0.25) is 0 Å². The number of nitrogens with zero attached hydrogens (tertiary/aromatic N) is 2. The van der Waals surface area contributed by atoms with Crippen molar-refractivity contribution in [3.63, 3.8) is 0 Å². The molecule has 0 amide bonds. The Bertz CT molecular complexity index is 599. The second-order valence-corrected chi connectivity index (χ2v) is 8.17. The molecule has 1 aliphatic rings. The zero-order valence-corrected chi connectivity index (χ0v) is 14.0. The fourth-order valence-electron chi connectivity index (χ4n) is 2.88. The molecule has 0 saturated heterocycles. The third-order valence-electron chi connectivity index (χ3n) is 3.88. The Morgan fingerprint density at radius 2 is 2.10 bits per heavy atom. The van der Waals surface area contributed by atoms with E-state index in [0.29, 0.717) is 11.7 Å². The summed E-state index contributed by atoms with van der Waals surface area (Å²) in [6.07, 6.45) is 5.41. The van der Waals surface area contributed by atoms with E-state index in [4.69, 9.17) is 0 Å². The second-order valence-electron chi connectivity index (χ2n) is 6.03. The van der Waals surface area contributed by atoms with Crippen molar-refractivity contribution in [3.8, 4) is 0 Å². The van der Waals surface area contributed by atoms with Gasteiger partial charge >= 0.3 is 0 Å². The van der Waals surface area contributed by atoms with Gasteiger partial charge in [0.2, 0.25) is 0 Å². The highest BCUT2D eigenvalue weighted by Gasteiger charge is 2.23. The van der Waals surface area contributed by atoms with E-state index in [9.17, 15) is 8.42 Å². The number of hydrogen-bond donors (Lipinski definition) is 1. The Morgan fingerprint density at radius 3 is 2.76 bits per heavy atom. The highest BCUT2D eigenvalue weighted by Crippen LogP contribution is 2.26. The van der Waals surface area contributed by atoms with Crippen molar-refractivity contribution in [1.29, 1.82) is 0 Å². The summed E-state index contributed by atoms with van der Waals surface area (Å²) in [4.78, 5) is 8.87. The van der Waals surface area contributed by atoms with E-state index in [1.807, 2.05) is 6.92 Å². The summed E-state index contributed by atoms with van der Waals surface area (Å²) < 4.78 is 22.8. The lowest BCUT2D eigenvalue weighted by Crippen LogP contribution is -2.29. The molecule has 0 saturated carbocycles. The van der Waals surface area contributed by atoms with Gasteiger partial charge in [0.15, 0.2) is 9.84 Å². The van der Waals surface area contributed by atoms with E-state index >= 15 is 0 Å². The molecule has 21 heavy (non-hydrogen) atoms. The third kappa shape index (κ3) is 4.74. The van der Waals surface area contributed by atoms with Crippen LogP contribution in [0.25, 0.3) is 0 Å². The van der Waals surface area contributed by atoms with Gasteiger partial charge in [-0.15, -0.1) is 0 Å². The SMILES string of the molecule is CCCNCC1CCc2nc(CS(C)(=O)=O)nc(C)c2C1. The third-order valence-corrected chi connectivity index (χ3v) is 4.66. The first-order valence-electron chi connectivity index (χ1n) is 7.62. The van der Waals surface area contributed by atoms with E-state index in [2.05, 4.69) is 22.2 Å². The van der Waals surface area contributed by atoms with Gasteiger partial charge in [-0.25, -0.2) is 18.4 Å². The van der Waals surface area contributed by atoms with Crippen LogP contribution in [-0.4, -0.2) is 37.7 Å². The molecule has 1 atom stereocenters. The average Bonchev–Trinajstić information content (AvgIpc) is 2.38. The maximum absolute atomic E-state index is 11.4. The lowest BCUT2D eigenvalue weighted by molar-refractivity contribution is 0.418. The number of rotatable bonds is 6. The summed E-state index contributed by atoms with van der Waals surface area (Å²) in [5, 5.41) is 3.48. The first-order chi connectivity index (χ1) is 9.89. The second kappa shape index (κ2) is 6.83. The first kappa shape index (κ1) is 16.4. The zero-order chi connectivity index (χ0) is 15.5. The molecule has 0 radical (unpaired) electrons. The lowest BCUT2D eigenvalue weighted by atomic mass is 9.85. The average molecular weight is 311 g/mol. The molecule has 1 aromatic heterocycles. The van der Waals surface area contributed by atoms with Gasteiger partial charge in [0.1, 0.15) is 11.6 Å². The molecule has 1 unspecified atom stereocenters. The summed E-state index contributed by atoms with van der Waals surface area (Å²) in [5.74, 6) is 1.01. The lowest BCUT2D eigenvalue weighted by Gasteiger charge is -2.25. The first-order valence-corrected chi connectivity index (χ1v) is 9.68. The van der Waals surface area contributed by atoms with Crippen LogP contribution in [0.15, 0.2) is 0 Å². The number of aromatic nitrogens is 2. The standard InChI is InChI=1S/C15H25N3O2S/c1-4-7-16-9-12-5-6-14-13(8-12)11(2)17-15(18-14)10-21(3,19)20/h12,16H,4-10H2,1-3H3. The fourth-order valence-corrected chi connectivity index (χ4v) is 3.48. The van der Waals surface area contributed by atoms with Gasteiger partial charge in [-0.05, 0) is 57.2 Å². The molecular weight excluding hydrogens is 286 g/mol. The molecule has 0 aromatic carbocycles. The Hall–Kier alpha value is -1.01. The maximum Gasteiger partial charge on any atom is 0.154 e. The Kier molecular flexibility index (Phi) is 5.32. The Labute approximate surface area is 127 Å². The van der Waals surface area contributed by atoms with Crippen LogP contribution in [0.4, 0.5) is 0 Å². The number of aryl methyl sites for hydroxylation is 2. The van der Waals surface area contributed by atoms with Crippen LogP contribution in [0.5, 0.6) is 0 Å². The van der Waals surface area contributed by atoms with E-state index < -0.39 is 9.84 Å². The highest BCUT2D eigenvalue weighted by atomic mass is 32.2. The van der Waals surface area contributed by atoms with E-state index in [-0.39, 0.29) is 5.75 Å². The van der Waals surface area contributed by atoms with Crippen LogP contribution in [0, 0.1) is 12.8 Å². The zero-order valence-electron chi connectivity index (χ0n) is 13.1. The molecule has 0 fully saturated rings. The van der Waals surface area contributed by atoms with Crippen molar-refractivity contribution in [2.24, 2.45) is 5.92 Å². The molecule has 118 valence electrons. The van der Waals surface area contributed by atoms with Gasteiger partial charge in [0.25, 0.3) is 0 Å². The van der Waals surface area contributed by atoms with Gasteiger partial charge in [0, 0.05) is 17.6 Å². The van der Waals surface area contributed by atoms with Gasteiger partial charge in [-0.1, -0.05) is 6.92 Å². The van der Waals surface area contributed by atoms with Gasteiger partial charge in [-0.3, -0.25) is 0 Å².